The van der Waals surface area contributed by atoms with Gasteiger partial charge in [-0.05, 0) is 72.2 Å². The van der Waals surface area contributed by atoms with Crippen molar-refractivity contribution in [2.75, 3.05) is 13.1 Å². The number of carbonyl (C=O) groups excluding carboxylic acids is 3. The zero-order chi connectivity index (χ0) is 41.8. The van der Waals surface area contributed by atoms with Crippen molar-refractivity contribution >= 4 is 28.5 Å². The molecule has 0 aromatic heterocycles. The number of ketones is 3. The minimum atomic E-state index is -0.296. The SMILES string of the molecule is CCN1C=C(C(=O)c2ccccc2)C(c2ccccc2C)C(c2ccc(C(=O)c3ccc(C4=CN(CC)C=C(C(=O)c5ccccc5)C4c4ccccc4C)cc3)cc2)=C1. The van der Waals surface area contributed by atoms with Gasteiger partial charge in [-0.3, -0.25) is 14.4 Å². The van der Waals surface area contributed by atoms with Crippen LogP contribution in [0.3, 0.4) is 0 Å². The first-order valence-electron chi connectivity index (χ1n) is 20.7. The first-order chi connectivity index (χ1) is 29.2. The van der Waals surface area contributed by atoms with E-state index in [4.69, 9.17) is 0 Å². The van der Waals surface area contributed by atoms with Crippen LogP contribution in [0.5, 0.6) is 0 Å². The van der Waals surface area contributed by atoms with Gasteiger partial charge in [0.05, 0.1) is 0 Å². The molecule has 5 heteroatoms. The average Bonchev–Trinajstić information content (AvgIpc) is 3.31. The van der Waals surface area contributed by atoms with E-state index in [0.717, 1.165) is 44.5 Å². The third-order valence-corrected chi connectivity index (χ3v) is 11.8. The van der Waals surface area contributed by atoms with Gasteiger partial charge in [-0.1, -0.05) is 158 Å². The summed E-state index contributed by atoms with van der Waals surface area (Å²) in [6.45, 7) is 9.71. The molecule has 60 heavy (non-hydrogen) atoms. The van der Waals surface area contributed by atoms with Crippen molar-refractivity contribution in [3.8, 4) is 0 Å². The second-order valence-corrected chi connectivity index (χ2v) is 15.5. The maximum atomic E-state index is 14.2. The van der Waals surface area contributed by atoms with Crippen LogP contribution in [0.4, 0.5) is 0 Å². The molecule has 0 aliphatic carbocycles. The molecule has 0 saturated heterocycles. The summed E-state index contributed by atoms with van der Waals surface area (Å²) >= 11 is 0. The van der Waals surface area contributed by atoms with E-state index in [1.54, 1.807) is 0 Å². The maximum Gasteiger partial charge on any atom is 0.193 e. The zero-order valence-corrected chi connectivity index (χ0v) is 34.5. The van der Waals surface area contributed by atoms with E-state index in [0.29, 0.717) is 46.5 Å². The monoisotopic (exact) mass is 784 g/mol. The smallest absolute Gasteiger partial charge is 0.193 e. The molecule has 2 aliphatic heterocycles. The van der Waals surface area contributed by atoms with Gasteiger partial charge in [-0.15, -0.1) is 0 Å². The molecule has 296 valence electrons. The molecule has 5 nitrogen and oxygen atoms in total. The lowest BCUT2D eigenvalue weighted by molar-refractivity contribution is 0.102. The molecule has 0 amide bonds. The molecular weight excluding hydrogens is 737 g/mol. The molecule has 2 aliphatic rings. The lowest BCUT2D eigenvalue weighted by Crippen LogP contribution is -2.24. The predicted molar refractivity (Wildman–Crippen MR) is 243 cm³/mol. The lowest BCUT2D eigenvalue weighted by atomic mass is 9.76. The number of Topliss-reactive ketones (excluding diaryl/α,β-unsaturated/α-hetero) is 2. The Hall–Kier alpha value is -7.11. The molecular formula is C55H48N2O3. The highest BCUT2D eigenvalue weighted by atomic mass is 16.1. The number of hydrogen-bond acceptors (Lipinski definition) is 5. The summed E-state index contributed by atoms with van der Waals surface area (Å²) in [6, 6.07) is 50.9. The highest BCUT2D eigenvalue weighted by Gasteiger charge is 2.34. The van der Waals surface area contributed by atoms with Crippen LogP contribution in [-0.2, 0) is 0 Å². The Labute approximate surface area is 353 Å². The van der Waals surface area contributed by atoms with Gasteiger partial charge >= 0.3 is 0 Å². The largest absolute Gasteiger partial charge is 0.354 e. The molecule has 0 saturated carbocycles. The summed E-state index contributed by atoms with van der Waals surface area (Å²) in [5, 5.41) is 0. The van der Waals surface area contributed by atoms with Crippen molar-refractivity contribution < 1.29 is 14.4 Å². The van der Waals surface area contributed by atoms with Crippen LogP contribution in [0.1, 0.15) is 95.7 Å². The molecule has 6 aromatic carbocycles. The summed E-state index contributed by atoms with van der Waals surface area (Å²) in [7, 11) is 0. The minimum absolute atomic E-state index is 0.00481. The minimum Gasteiger partial charge on any atom is -0.354 e. The first-order valence-corrected chi connectivity index (χ1v) is 20.7. The number of aryl methyl sites for hydroxylation is 2. The number of rotatable bonds is 12. The number of benzene rings is 6. The van der Waals surface area contributed by atoms with E-state index in [9.17, 15) is 14.4 Å². The molecule has 0 fully saturated rings. The Morgan fingerprint density at radius 1 is 0.400 bits per heavy atom. The second kappa shape index (κ2) is 17.4. The van der Waals surface area contributed by atoms with Gasteiger partial charge in [-0.2, -0.15) is 0 Å². The number of carbonyl (C=O) groups is 3. The van der Waals surface area contributed by atoms with Gasteiger partial charge < -0.3 is 9.80 Å². The molecule has 2 atom stereocenters. The highest BCUT2D eigenvalue weighted by molar-refractivity contribution is 6.13. The molecule has 2 unspecified atom stereocenters. The summed E-state index contributed by atoms with van der Waals surface area (Å²) in [5.41, 5.74) is 12.1. The number of allylic oxidation sites excluding steroid dienone is 4. The number of hydrogen-bond donors (Lipinski definition) is 0. The van der Waals surface area contributed by atoms with Crippen molar-refractivity contribution in [3.63, 3.8) is 0 Å². The Morgan fingerprint density at radius 2 is 0.733 bits per heavy atom. The van der Waals surface area contributed by atoms with Crippen molar-refractivity contribution in [1.82, 2.24) is 9.80 Å². The Kier molecular flexibility index (Phi) is 11.5. The van der Waals surface area contributed by atoms with Gasteiger partial charge in [-0.25, -0.2) is 0 Å². The molecule has 0 bridgehead atoms. The summed E-state index contributed by atoms with van der Waals surface area (Å²) < 4.78 is 0. The van der Waals surface area contributed by atoms with Crippen LogP contribution in [0.25, 0.3) is 11.1 Å². The highest BCUT2D eigenvalue weighted by Crippen LogP contribution is 2.45. The normalized spacial score (nSPS) is 16.3. The fourth-order valence-electron chi connectivity index (χ4n) is 8.45. The maximum absolute atomic E-state index is 14.2. The fourth-order valence-corrected chi connectivity index (χ4v) is 8.45. The Bertz CT molecular complexity index is 2500. The van der Waals surface area contributed by atoms with E-state index in [2.05, 4.69) is 74.2 Å². The predicted octanol–water partition coefficient (Wildman–Crippen LogP) is 12.0. The zero-order valence-electron chi connectivity index (χ0n) is 34.5. The van der Waals surface area contributed by atoms with Crippen molar-refractivity contribution in [3.05, 3.63) is 249 Å². The average molecular weight is 785 g/mol. The number of nitrogens with zero attached hydrogens (tertiary/aromatic N) is 2. The van der Waals surface area contributed by atoms with E-state index in [1.165, 1.54) is 0 Å². The van der Waals surface area contributed by atoms with Gasteiger partial charge in [0.2, 0.25) is 0 Å². The molecule has 0 N–H and O–H groups in total. The summed E-state index contributed by atoms with van der Waals surface area (Å²) in [5.74, 6) is -0.686. The van der Waals surface area contributed by atoms with Gasteiger partial charge in [0.25, 0.3) is 0 Å². The van der Waals surface area contributed by atoms with Gasteiger partial charge in [0.15, 0.2) is 17.3 Å². The van der Waals surface area contributed by atoms with Crippen LogP contribution in [0.2, 0.25) is 0 Å². The molecule has 0 radical (unpaired) electrons. The van der Waals surface area contributed by atoms with E-state index >= 15 is 0 Å². The third kappa shape index (κ3) is 7.87. The van der Waals surface area contributed by atoms with Crippen molar-refractivity contribution in [2.45, 2.75) is 39.5 Å². The van der Waals surface area contributed by atoms with Crippen LogP contribution >= 0.6 is 0 Å². The van der Waals surface area contributed by atoms with Crippen LogP contribution in [-0.4, -0.2) is 40.2 Å². The quantitative estimate of drug-likeness (QED) is 0.116. The summed E-state index contributed by atoms with van der Waals surface area (Å²) in [6.07, 6.45) is 8.24. The second-order valence-electron chi connectivity index (χ2n) is 15.5. The van der Waals surface area contributed by atoms with Crippen molar-refractivity contribution in [2.24, 2.45) is 0 Å². The Morgan fingerprint density at radius 3 is 1.08 bits per heavy atom. The molecule has 6 aromatic rings. The molecule has 0 spiro atoms. The van der Waals surface area contributed by atoms with Crippen molar-refractivity contribution in [1.29, 1.82) is 0 Å². The van der Waals surface area contributed by atoms with Gasteiger partial charge in [0, 0.05) is 83.1 Å². The van der Waals surface area contributed by atoms with Crippen LogP contribution in [0.15, 0.2) is 194 Å². The van der Waals surface area contributed by atoms with E-state index in [-0.39, 0.29) is 29.2 Å². The lowest BCUT2D eigenvalue weighted by Gasteiger charge is -2.32. The van der Waals surface area contributed by atoms with Gasteiger partial charge in [0.1, 0.15) is 0 Å². The Balaban J connectivity index is 1.10. The van der Waals surface area contributed by atoms with E-state index < -0.39 is 0 Å². The first kappa shape index (κ1) is 39.7. The standard InChI is InChI=1S/C55H48N2O3/c1-5-56-33-47(51(45-23-15-13-17-37(45)3)49(35-56)54(59)41-19-9-7-10-20-41)39-25-29-43(30-26-39)53(58)44-31-27-40(28-32-44)48-34-57(6-2)36-50(55(60)42-21-11-8-12-22-42)52(48)46-24-16-14-18-38(46)4/h7-36,51-52H,5-6H2,1-4H3. The molecule has 2 heterocycles. The fraction of sp³-hybridized carbons (Fsp3) is 0.145. The van der Waals surface area contributed by atoms with E-state index in [1.807, 2.05) is 146 Å². The topological polar surface area (TPSA) is 57.7 Å². The third-order valence-electron chi connectivity index (χ3n) is 11.8. The van der Waals surface area contributed by atoms with Crippen LogP contribution < -0.4 is 0 Å². The van der Waals surface area contributed by atoms with Crippen LogP contribution in [0, 0.1) is 13.8 Å². The molecule has 8 rings (SSSR count). The summed E-state index contributed by atoms with van der Waals surface area (Å²) in [4.78, 5) is 46.7.